The average Bonchev–Trinajstić information content (AvgIpc) is 1.21. The topological polar surface area (TPSA) is 541 Å². The lowest BCUT2D eigenvalue weighted by atomic mass is 9.93. The Morgan fingerprint density at radius 2 is 0.869 bits per heavy atom. The van der Waals surface area contributed by atoms with Crippen LogP contribution in [-0.2, 0) is 90.9 Å². The fourth-order valence-electron chi connectivity index (χ4n) is 14.1. The van der Waals surface area contributed by atoms with Gasteiger partial charge in [-0.25, -0.2) is 13.6 Å². The van der Waals surface area contributed by atoms with Crippen LogP contribution in [0.15, 0.2) is 36.7 Å². The zero-order valence-electron chi connectivity index (χ0n) is 81.1. The molecule has 39 heteroatoms. The fraction of sp³-hybridized carbons (Fsp3) is 0.857. The number of aliphatic hydroxyl groups is 11. The number of hydrogen-bond acceptors (Lipinski definition) is 31. The molecule has 0 saturated carbocycles. The predicted octanol–water partition coefficient (Wildman–Crippen LogP) is 6.60. The molecule has 3 aromatic rings. The molecular weight excluding hydrogens is 1750 g/mol. The molecule has 0 amide bonds. The highest BCUT2D eigenvalue weighted by Crippen LogP contribution is 2.29. The van der Waals surface area contributed by atoms with Crippen LogP contribution in [0.2, 0.25) is 0 Å². The lowest BCUT2D eigenvalue weighted by Gasteiger charge is -2.39. The van der Waals surface area contributed by atoms with Crippen LogP contribution in [0.1, 0.15) is 249 Å². The molecule has 16 N–H and O–H groups in total. The number of methoxy groups -OCH3 is 1. The number of aliphatic hydroxyl groups excluding tert-OH is 11. The number of aromatic nitrogens is 6. The Hall–Kier alpha value is -4.32. The van der Waals surface area contributed by atoms with Crippen LogP contribution in [0.4, 0.5) is 0 Å². The molecule has 3 aliphatic heterocycles. The van der Waals surface area contributed by atoms with Crippen LogP contribution in [0, 0.1) is 41.4 Å². The molecule has 3 saturated heterocycles. The van der Waals surface area contributed by atoms with Gasteiger partial charge >= 0.3 is 0 Å². The number of aryl methyl sites for hydroxylation is 3. The van der Waals surface area contributed by atoms with E-state index in [0.29, 0.717) is 82.3 Å². The van der Waals surface area contributed by atoms with Crippen LogP contribution in [-0.4, -0.2) is 343 Å². The summed E-state index contributed by atoms with van der Waals surface area (Å²) in [6, 6.07) is 7.52. The van der Waals surface area contributed by atoms with E-state index in [1.54, 1.807) is 40.8 Å². The van der Waals surface area contributed by atoms with Gasteiger partial charge in [0.15, 0.2) is 12.1 Å². The summed E-state index contributed by atoms with van der Waals surface area (Å²) in [6.07, 6.45) is 10.8. The third-order valence-corrected chi connectivity index (χ3v) is 24.9. The van der Waals surface area contributed by atoms with Crippen molar-refractivity contribution in [2.75, 3.05) is 103 Å². The lowest BCUT2D eigenvalue weighted by molar-refractivity contribution is -0.292. The van der Waals surface area contributed by atoms with Crippen molar-refractivity contribution in [3.05, 3.63) is 53.6 Å². The van der Waals surface area contributed by atoms with Crippen molar-refractivity contribution in [1.82, 2.24) is 50.4 Å². The van der Waals surface area contributed by atoms with Gasteiger partial charge in [0.25, 0.3) is 20.2 Å². The molecule has 2 aromatic heterocycles. The number of carbonyl (C=O) groups excluding carboxylic acids is 2. The molecule has 3 fully saturated rings. The van der Waals surface area contributed by atoms with E-state index in [2.05, 4.69) is 127 Å². The number of hydrogen-bond donors (Lipinski definition) is 16. The summed E-state index contributed by atoms with van der Waals surface area (Å²) in [6.45, 7) is 37.4. The molecular formula is C91H174N10O26S3. The fourth-order valence-corrected chi connectivity index (χ4v) is 15.6. The molecule has 0 bridgehead atoms. The van der Waals surface area contributed by atoms with E-state index >= 15 is 0 Å². The number of benzene rings is 1. The standard InChI is InChI=1S/C19H33N3O5.C19H30O6.C18H33N3O5.C13H28N2O4S.C12H28N2O5S2.C10H22O/c1-12(2)8-6-4-5-7-9-14-10-20-21-22(14)11-15-16(24)17(25)18(26)19(27-15)13(3)23;1-12(2)5-3-4-6-13-7-9-14(10-8-13)24-19-18(23)17(22)16(21)15(11-20)25-19;1-12(2)8-6-4-5-7-9-13-10-19-20-21(13)11-14-15(22)16(23)17(24)18(25-3)26-14;1-12(2)5-8-15(10-11-20(17,18)19)9-7-14-6-4-13(3)16;1-12(2)4-7-14(9-11-21(17,18)19)8-5-13-6-10-20(3,15)16;1-4-10(8-11)7-5-6-9(2)3/h10,12,15-19,24-26H,4-9,11H2,1-3H3;7-10,12,15-23H,3-6,11H2,1-2H3;10,12,14-18,22-24H,4-9,11H2,1-3H3;12,14H,4-11H2,1-3H3,(H,17,18,19);12-13H,3-11H2,1-2H3,(H,15,16)(H,17,18,19);9-11H,4-8H2,1-3H3. The average molecular weight is 1920 g/mol. The van der Waals surface area contributed by atoms with Crippen molar-refractivity contribution in [3.8, 4) is 5.75 Å². The van der Waals surface area contributed by atoms with Crippen molar-refractivity contribution >= 4 is 47.5 Å². The Kier molecular flexibility index (Phi) is 65.3. The van der Waals surface area contributed by atoms with Crippen molar-refractivity contribution in [3.63, 3.8) is 0 Å². The maximum absolute atomic E-state index is 11.6. The number of ether oxygens (including phenoxy) is 5. The Bertz CT molecular complexity index is 3710. The number of Topliss-reactive ketones (excluding diaryl/α,β-unsaturated/α-hetero) is 2. The van der Waals surface area contributed by atoms with Gasteiger partial charge in [-0.15, -0.1) is 10.2 Å². The second-order valence-corrected chi connectivity index (χ2v) is 42.5. The zero-order valence-corrected chi connectivity index (χ0v) is 83.6. The van der Waals surface area contributed by atoms with E-state index in [4.69, 9.17) is 42.4 Å². The van der Waals surface area contributed by atoms with Crippen LogP contribution >= 0.6 is 0 Å². The highest BCUT2D eigenvalue weighted by Gasteiger charge is 2.48. The summed E-state index contributed by atoms with van der Waals surface area (Å²) in [4.78, 5) is 26.4. The number of ketones is 2. The minimum Gasteiger partial charge on any atom is -0.462 e. The van der Waals surface area contributed by atoms with Crippen LogP contribution in [0.3, 0.4) is 0 Å². The summed E-state index contributed by atoms with van der Waals surface area (Å²) in [5, 5.41) is 130. The Morgan fingerprint density at radius 1 is 0.469 bits per heavy atom. The number of nitrogens with zero attached hydrogens (tertiary/aromatic N) is 8. The minimum atomic E-state index is -3.95. The molecule has 17 atom stereocenters. The largest absolute Gasteiger partial charge is 0.462 e. The first-order valence-electron chi connectivity index (χ1n) is 47.2. The monoisotopic (exact) mass is 1920 g/mol. The van der Waals surface area contributed by atoms with Gasteiger partial charge in [-0.2, -0.15) is 16.8 Å². The highest BCUT2D eigenvalue weighted by molar-refractivity contribution is 7.95. The maximum Gasteiger partial charge on any atom is 0.266 e. The SMILES string of the molecule is C=S(=O)(O)CCNCCN(CCC(C)C)CCS(=O)(=O)O.CC(=O)C1OC(Cn2nncc2CCCCCCC(C)C)C(O)C(O)C1O.CC(=O)CCNCCN(CCC(C)C)CCS(=O)(=O)O.CC(C)CCCCc1ccc(OC2OC(CO)C(O)C(O)C2O)cc1.CCC(CO)CCCC(C)C.COC1OC(Cn2nncc2CCCCCCC(C)C)C(O)C(O)C1O. The van der Waals surface area contributed by atoms with E-state index < -0.39 is 134 Å². The summed E-state index contributed by atoms with van der Waals surface area (Å²) < 4.78 is 111. The molecule has 5 heterocycles. The Morgan fingerprint density at radius 3 is 1.28 bits per heavy atom. The molecule has 0 aliphatic carbocycles. The lowest BCUT2D eigenvalue weighted by Crippen LogP contribution is -2.60. The van der Waals surface area contributed by atoms with Crippen LogP contribution in [0.5, 0.6) is 5.75 Å². The third kappa shape index (κ3) is 57.7. The summed E-state index contributed by atoms with van der Waals surface area (Å²) in [7, 11) is -9.44. The van der Waals surface area contributed by atoms with Crippen LogP contribution in [0.25, 0.3) is 0 Å². The van der Waals surface area contributed by atoms with Gasteiger partial charge in [0, 0.05) is 72.5 Å². The third-order valence-electron chi connectivity index (χ3n) is 22.6. The van der Waals surface area contributed by atoms with Gasteiger partial charge in [-0.1, -0.05) is 196 Å². The van der Waals surface area contributed by atoms with Gasteiger partial charge < -0.3 is 105 Å². The summed E-state index contributed by atoms with van der Waals surface area (Å²) >= 11 is 0. The molecule has 3 aliphatic rings. The van der Waals surface area contributed by atoms with E-state index in [0.717, 1.165) is 119 Å². The second kappa shape index (κ2) is 68.6. The van der Waals surface area contributed by atoms with Gasteiger partial charge in [0.1, 0.15) is 90.9 Å². The van der Waals surface area contributed by atoms with Crippen molar-refractivity contribution in [2.24, 2.45) is 41.4 Å². The van der Waals surface area contributed by atoms with Gasteiger partial charge in [0.2, 0.25) is 6.29 Å². The van der Waals surface area contributed by atoms with Crippen molar-refractivity contribution in [1.29, 1.82) is 0 Å². The van der Waals surface area contributed by atoms with E-state index in [1.807, 2.05) is 21.9 Å². The smallest absolute Gasteiger partial charge is 0.266 e. The molecule has 0 radical (unpaired) electrons. The van der Waals surface area contributed by atoms with E-state index in [-0.39, 0.29) is 42.7 Å². The summed E-state index contributed by atoms with van der Waals surface area (Å²) in [5.74, 6) is 7.62. The zero-order chi connectivity index (χ0) is 98.3. The van der Waals surface area contributed by atoms with Gasteiger partial charge in [0.05, 0.1) is 70.5 Å². The molecule has 762 valence electrons. The molecule has 6 rings (SSSR count). The first kappa shape index (κ1) is 124. The van der Waals surface area contributed by atoms with Gasteiger partial charge in [-0.3, -0.25) is 18.7 Å². The Labute approximate surface area is 778 Å². The molecule has 36 nitrogen and oxygen atoms in total. The predicted molar refractivity (Wildman–Crippen MR) is 506 cm³/mol. The van der Waals surface area contributed by atoms with E-state index in [9.17, 15) is 81.7 Å². The van der Waals surface area contributed by atoms with Gasteiger partial charge in [-0.05, 0) is 150 Å². The highest BCUT2D eigenvalue weighted by atomic mass is 32.2. The van der Waals surface area contributed by atoms with E-state index in [1.165, 1.54) is 90.2 Å². The molecule has 130 heavy (non-hydrogen) atoms. The Balaban J connectivity index is 0.000000793. The number of nitrogens with one attached hydrogen (secondary N) is 2. The quantitative estimate of drug-likeness (QED) is 0.0161. The maximum atomic E-state index is 11.6. The second-order valence-electron chi connectivity index (χ2n) is 37.4. The number of unbranched alkanes of at least 4 members (excludes halogenated alkanes) is 7. The first-order valence-corrected chi connectivity index (χ1v) is 52.3. The number of rotatable bonds is 58. The number of carbonyl (C=O) groups is 2. The minimum absolute atomic E-state index is 0.0873. The normalized spacial score (nSPS) is 23.1. The first-order chi connectivity index (χ1) is 61.1. The molecule has 17 unspecified atom stereocenters. The van der Waals surface area contributed by atoms with Crippen molar-refractivity contribution < 1.29 is 124 Å². The molecule has 1 aromatic carbocycles. The van der Waals surface area contributed by atoms with Crippen LogP contribution < -0.4 is 15.4 Å². The molecule has 0 spiro atoms. The van der Waals surface area contributed by atoms with Crippen molar-refractivity contribution in [2.45, 2.75) is 357 Å². The summed E-state index contributed by atoms with van der Waals surface area (Å²) in [5.41, 5.74) is 3.11.